The number of benzene rings is 1. The van der Waals surface area contributed by atoms with Crippen LogP contribution in [0.15, 0.2) is 34.0 Å². The fourth-order valence-corrected chi connectivity index (χ4v) is 5.48. The summed E-state index contributed by atoms with van der Waals surface area (Å²) in [5.41, 5.74) is 0.196. The van der Waals surface area contributed by atoms with Crippen molar-refractivity contribution in [2.45, 2.75) is 61.9 Å². The summed E-state index contributed by atoms with van der Waals surface area (Å²) in [5.74, 6) is -3.15. The molecule has 1 aromatic carbocycles. The van der Waals surface area contributed by atoms with E-state index in [1.807, 2.05) is 27.7 Å². The Labute approximate surface area is 181 Å². The van der Waals surface area contributed by atoms with Crippen molar-refractivity contribution >= 4 is 33.4 Å². The highest BCUT2D eigenvalue weighted by Crippen LogP contribution is 2.43. The van der Waals surface area contributed by atoms with Crippen molar-refractivity contribution in [3.63, 3.8) is 0 Å². The Morgan fingerprint density at radius 2 is 2.03 bits per heavy atom. The number of aliphatic carboxylic acids is 1. The lowest BCUT2D eigenvalue weighted by Crippen LogP contribution is -2.48. The third-order valence-electron chi connectivity index (χ3n) is 5.03. The van der Waals surface area contributed by atoms with Crippen LogP contribution < -0.4 is 9.64 Å². The second-order valence-corrected chi connectivity index (χ2v) is 10.9. The fourth-order valence-electron chi connectivity index (χ4n) is 3.38. The number of hydrogen-bond acceptors (Lipinski definition) is 6. The van der Waals surface area contributed by atoms with Crippen LogP contribution in [0.5, 0.6) is 5.75 Å². The van der Waals surface area contributed by atoms with Gasteiger partial charge in [0.25, 0.3) is 0 Å². The first-order valence-electron chi connectivity index (χ1n) is 9.57. The van der Waals surface area contributed by atoms with Crippen LogP contribution in [0.25, 0.3) is 0 Å². The minimum absolute atomic E-state index is 0.0514. The zero-order valence-electron chi connectivity index (χ0n) is 18.1. The molecule has 0 bridgehead atoms. The summed E-state index contributed by atoms with van der Waals surface area (Å²) in [6, 6.07) is 2.86. The summed E-state index contributed by atoms with van der Waals surface area (Å²) in [6.45, 7) is 8.60. The minimum atomic E-state index is -3.85. The van der Waals surface area contributed by atoms with E-state index in [2.05, 4.69) is 4.90 Å². The smallest absolute Gasteiger partial charge is 0.368 e. The molecule has 10 heteroatoms. The molecule has 168 valence electrons. The molecule has 30 heavy (non-hydrogen) atoms. The van der Waals surface area contributed by atoms with Crippen molar-refractivity contribution in [1.82, 2.24) is 4.31 Å². The molecular weight excluding hydrogens is 431 g/mol. The number of anilines is 1. The SMILES string of the molecule is CCC[C@@H]1CN(C(C)(C)C)c2cc(SC)c(O/C=C(\F)C(=O)O)cc2S(=O)(=O)N1C. The molecular formula is C20H29FN2O5S2. The van der Waals surface area contributed by atoms with Gasteiger partial charge in [-0.05, 0) is 39.5 Å². The summed E-state index contributed by atoms with van der Waals surface area (Å²) in [5, 5.41) is 8.70. The molecule has 0 aliphatic carbocycles. The molecule has 0 radical (unpaired) electrons. The van der Waals surface area contributed by atoms with Gasteiger partial charge in [-0.25, -0.2) is 13.2 Å². The number of rotatable bonds is 6. The first-order chi connectivity index (χ1) is 13.8. The van der Waals surface area contributed by atoms with E-state index in [4.69, 9.17) is 9.84 Å². The number of fused-ring (bicyclic) bond motifs is 1. The first kappa shape index (κ1) is 24.5. The molecule has 1 aliphatic rings. The van der Waals surface area contributed by atoms with Gasteiger partial charge in [0.15, 0.2) is 0 Å². The van der Waals surface area contributed by atoms with Gasteiger partial charge in [0.05, 0.1) is 10.6 Å². The maximum absolute atomic E-state index is 13.4. The lowest BCUT2D eigenvalue weighted by atomic mass is 10.0. The first-order valence-corrected chi connectivity index (χ1v) is 12.2. The summed E-state index contributed by atoms with van der Waals surface area (Å²) in [4.78, 5) is 13.4. The maximum Gasteiger partial charge on any atom is 0.368 e. The molecule has 1 N–H and O–H groups in total. The zero-order chi connectivity index (χ0) is 22.9. The maximum atomic E-state index is 13.4. The predicted molar refractivity (Wildman–Crippen MR) is 116 cm³/mol. The molecule has 0 aromatic heterocycles. The van der Waals surface area contributed by atoms with Gasteiger partial charge in [0.1, 0.15) is 16.9 Å². The Morgan fingerprint density at radius 3 is 2.53 bits per heavy atom. The highest BCUT2D eigenvalue weighted by molar-refractivity contribution is 7.98. The number of hydrogen-bond donors (Lipinski definition) is 1. The van der Waals surface area contributed by atoms with Crippen molar-refractivity contribution < 1.29 is 27.4 Å². The number of sulfonamides is 1. The van der Waals surface area contributed by atoms with Crippen LogP contribution in [0.2, 0.25) is 0 Å². The van der Waals surface area contributed by atoms with Gasteiger partial charge in [0.2, 0.25) is 15.9 Å². The number of carboxylic acids is 1. The van der Waals surface area contributed by atoms with Gasteiger partial charge in [-0.3, -0.25) is 0 Å². The summed E-state index contributed by atoms with van der Waals surface area (Å²) >= 11 is 1.30. The van der Waals surface area contributed by atoms with E-state index in [1.165, 1.54) is 22.1 Å². The van der Waals surface area contributed by atoms with Crippen molar-refractivity contribution in [1.29, 1.82) is 0 Å². The molecule has 0 saturated carbocycles. The van der Waals surface area contributed by atoms with E-state index in [0.29, 0.717) is 29.8 Å². The minimum Gasteiger partial charge on any atom is -0.476 e. The Kier molecular flexibility index (Phi) is 7.47. The molecule has 7 nitrogen and oxygen atoms in total. The van der Waals surface area contributed by atoms with Crippen molar-refractivity contribution in [2.75, 3.05) is 24.7 Å². The highest BCUT2D eigenvalue weighted by Gasteiger charge is 2.40. The average Bonchev–Trinajstić information content (AvgIpc) is 2.73. The van der Waals surface area contributed by atoms with Gasteiger partial charge in [0, 0.05) is 31.2 Å². The molecule has 1 aliphatic heterocycles. The molecule has 1 heterocycles. The second kappa shape index (κ2) is 9.15. The Morgan fingerprint density at radius 1 is 1.40 bits per heavy atom. The number of nitrogens with zero attached hydrogens (tertiary/aromatic N) is 2. The van der Waals surface area contributed by atoms with E-state index in [-0.39, 0.29) is 22.2 Å². The molecule has 0 spiro atoms. The van der Waals surface area contributed by atoms with E-state index in [9.17, 15) is 17.6 Å². The highest BCUT2D eigenvalue weighted by atomic mass is 32.2. The lowest BCUT2D eigenvalue weighted by Gasteiger charge is -2.39. The summed E-state index contributed by atoms with van der Waals surface area (Å²) < 4.78 is 46.9. The van der Waals surface area contributed by atoms with Gasteiger partial charge < -0.3 is 14.7 Å². The number of ether oxygens (including phenoxy) is 1. The van der Waals surface area contributed by atoms with E-state index in [1.54, 1.807) is 19.4 Å². The van der Waals surface area contributed by atoms with Crippen LogP contribution in [-0.2, 0) is 14.8 Å². The standard InChI is InChI=1S/C20H29FN2O5S2/c1-7-8-13-11-23(20(2,3)4)15-9-17(29-6)16(28-12-14(21)19(24)25)10-18(15)30(26,27)22(13)5/h9-10,12-13H,7-8,11H2,1-6H3,(H,24,25)/b14-12-/t13-/m1/s1. The molecule has 0 amide bonds. The van der Waals surface area contributed by atoms with Crippen LogP contribution in [0.1, 0.15) is 40.5 Å². The number of thioether (sulfide) groups is 1. The number of halogens is 1. The molecule has 1 atom stereocenters. The van der Waals surface area contributed by atoms with Crippen molar-refractivity contribution in [2.24, 2.45) is 0 Å². The summed E-state index contributed by atoms with van der Waals surface area (Å²) in [6.07, 6.45) is 3.80. The third-order valence-corrected chi connectivity index (χ3v) is 7.72. The van der Waals surface area contributed by atoms with Gasteiger partial charge in [-0.2, -0.15) is 8.70 Å². The molecule has 0 fully saturated rings. The topological polar surface area (TPSA) is 87.1 Å². The number of carboxylic acid groups (broad SMARTS) is 1. The number of carbonyl (C=O) groups is 1. The quantitative estimate of drug-likeness (QED) is 0.389. The number of likely N-dealkylation sites (N-methyl/N-ethyl adjacent to an activating group) is 1. The van der Waals surface area contributed by atoms with E-state index in [0.717, 1.165) is 6.42 Å². The van der Waals surface area contributed by atoms with Crippen LogP contribution in [-0.4, -0.2) is 55.2 Å². The zero-order valence-corrected chi connectivity index (χ0v) is 19.7. The Bertz CT molecular complexity index is 941. The largest absolute Gasteiger partial charge is 0.476 e. The Balaban J connectivity index is 2.74. The lowest BCUT2D eigenvalue weighted by molar-refractivity contribution is -0.134. The third kappa shape index (κ3) is 4.92. The summed E-state index contributed by atoms with van der Waals surface area (Å²) in [7, 11) is -2.28. The molecule has 0 saturated heterocycles. The molecule has 1 aromatic rings. The van der Waals surface area contributed by atoms with Crippen LogP contribution in [0.4, 0.5) is 10.1 Å². The van der Waals surface area contributed by atoms with Crippen LogP contribution in [0.3, 0.4) is 0 Å². The van der Waals surface area contributed by atoms with Gasteiger partial charge in [-0.15, -0.1) is 11.8 Å². The van der Waals surface area contributed by atoms with Crippen LogP contribution in [0, 0.1) is 0 Å². The average molecular weight is 461 g/mol. The normalized spacial score (nSPS) is 19.9. The van der Waals surface area contributed by atoms with Crippen molar-refractivity contribution in [3.05, 3.63) is 24.2 Å². The van der Waals surface area contributed by atoms with Crippen LogP contribution >= 0.6 is 11.8 Å². The van der Waals surface area contributed by atoms with Gasteiger partial charge in [-0.1, -0.05) is 13.3 Å². The van der Waals surface area contributed by atoms with E-state index >= 15 is 0 Å². The van der Waals surface area contributed by atoms with Crippen molar-refractivity contribution in [3.8, 4) is 5.75 Å². The fraction of sp³-hybridized carbons (Fsp3) is 0.550. The second-order valence-electron chi connectivity index (χ2n) is 8.10. The Hall–Kier alpha value is -1.78. The van der Waals surface area contributed by atoms with Gasteiger partial charge >= 0.3 is 5.97 Å². The predicted octanol–water partition coefficient (Wildman–Crippen LogP) is 4.09. The monoisotopic (exact) mass is 460 g/mol. The molecule has 2 rings (SSSR count). The molecule has 0 unspecified atom stereocenters. The van der Waals surface area contributed by atoms with E-state index < -0.39 is 21.8 Å².